The summed E-state index contributed by atoms with van der Waals surface area (Å²) in [7, 11) is 0. The molecule has 2 aromatic rings. The van der Waals surface area contributed by atoms with Gasteiger partial charge in [-0.3, -0.25) is 4.79 Å². The predicted octanol–water partition coefficient (Wildman–Crippen LogP) is 4.36. The van der Waals surface area contributed by atoms with E-state index >= 15 is 0 Å². The fraction of sp³-hybridized carbons (Fsp3) is 0.188. The van der Waals surface area contributed by atoms with Crippen molar-refractivity contribution in [1.29, 1.82) is 0 Å². The number of Topliss-reactive ketones (excluding diaryl/α,β-unsaturated/α-hetero) is 1. The molecule has 1 unspecified atom stereocenters. The van der Waals surface area contributed by atoms with Gasteiger partial charge in [0.25, 0.3) is 0 Å². The number of ketones is 1. The largest absolute Gasteiger partial charge is 0.293 e. The van der Waals surface area contributed by atoms with Crippen molar-refractivity contribution in [2.24, 2.45) is 0 Å². The molecule has 2 aromatic carbocycles. The molecule has 92 valence electrons. The molecule has 2 heteroatoms. The SMILES string of the molecule is Cc1ccc(C(=O)C(C)Sc2ccccc2)cc1. The van der Waals surface area contributed by atoms with Crippen LogP contribution in [0.3, 0.4) is 0 Å². The van der Waals surface area contributed by atoms with Crippen LogP contribution >= 0.6 is 11.8 Å². The smallest absolute Gasteiger partial charge is 0.175 e. The van der Waals surface area contributed by atoms with Gasteiger partial charge in [-0.2, -0.15) is 0 Å². The molecule has 1 nitrogen and oxygen atoms in total. The summed E-state index contributed by atoms with van der Waals surface area (Å²) in [6.45, 7) is 3.98. The van der Waals surface area contributed by atoms with E-state index in [0.29, 0.717) is 0 Å². The zero-order valence-corrected chi connectivity index (χ0v) is 11.4. The van der Waals surface area contributed by atoms with Gasteiger partial charge in [0.1, 0.15) is 0 Å². The number of thioether (sulfide) groups is 1. The molecule has 0 aliphatic rings. The summed E-state index contributed by atoms with van der Waals surface area (Å²) in [5.74, 6) is 0.184. The summed E-state index contributed by atoms with van der Waals surface area (Å²) in [4.78, 5) is 13.4. The molecule has 0 aliphatic heterocycles. The maximum atomic E-state index is 12.2. The fourth-order valence-corrected chi connectivity index (χ4v) is 2.67. The van der Waals surface area contributed by atoms with Gasteiger partial charge in [-0.1, -0.05) is 48.0 Å². The van der Waals surface area contributed by atoms with Gasteiger partial charge in [-0.05, 0) is 26.0 Å². The Balaban J connectivity index is 2.07. The van der Waals surface area contributed by atoms with Crippen LogP contribution < -0.4 is 0 Å². The minimum Gasteiger partial charge on any atom is -0.293 e. The maximum Gasteiger partial charge on any atom is 0.175 e. The molecule has 0 saturated heterocycles. The van der Waals surface area contributed by atoms with Crippen molar-refractivity contribution in [2.45, 2.75) is 24.0 Å². The van der Waals surface area contributed by atoms with Gasteiger partial charge >= 0.3 is 0 Å². The summed E-state index contributed by atoms with van der Waals surface area (Å²) in [6, 6.07) is 17.8. The third-order valence-electron chi connectivity index (χ3n) is 2.76. The quantitative estimate of drug-likeness (QED) is 0.597. The monoisotopic (exact) mass is 256 g/mol. The van der Waals surface area contributed by atoms with Gasteiger partial charge in [0.15, 0.2) is 5.78 Å². The lowest BCUT2D eigenvalue weighted by Gasteiger charge is -2.10. The highest BCUT2D eigenvalue weighted by Crippen LogP contribution is 2.25. The second-order valence-electron chi connectivity index (χ2n) is 4.30. The number of rotatable bonds is 4. The van der Waals surface area contributed by atoms with Crippen LogP contribution in [-0.2, 0) is 0 Å². The molecule has 0 heterocycles. The number of hydrogen-bond donors (Lipinski definition) is 0. The lowest BCUT2D eigenvalue weighted by molar-refractivity contribution is 0.0994. The predicted molar refractivity (Wildman–Crippen MR) is 77.3 cm³/mol. The molecule has 0 fully saturated rings. The second kappa shape index (κ2) is 5.87. The van der Waals surface area contributed by atoms with Crippen LogP contribution in [0.4, 0.5) is 0 Å². The lowest BCUT2D eigenvalue weighted by Crippen LogP contribution is -2.13. The zero-order chi connectivity index (χ0) is 13.0. The van der Waals surface area contributed by atoms with E-state index in [9.17, 15) is 4.79 Å². The third-order valence-corrected chi connectivity index (χ3v) is 3.87. The van der Waals surface area contributed by atoms with Crippen molar-refractivity contribution in [3.63, 3.8) is 0 Å². The average molecular weight is 256 g/mol. The first kappa shape index (κ1) is 12.9. The number of carbonyl (C=O) groups is 1. The molecule has 2 rings (SSSR count). The molecule has 0 aromatic heterocycles. The Morgan fingerprint density at radius 3 is 2.22 bits per heavy atom. The third kappa shape index (κ3) is 3.23. The van der Waals surface area contributed by atoms with Crippen LogP contribution in [0.25, 0.3) is 0 Å². The van der Waals surface area contributed by atoms with Crippen LogP contribution in [0.15, 0.2) is 59.5 Å². The van der Waals surface area contributed by atoms with Crippen molar-refractivity contribution in [3.05, 3.63) is 65.7 Å². The second-order valence-corrected chi connectivity index (χ2v) is 5.72. The van der Waals surface area contributed by atoms with Crippen molar-refractivity contribution in [1.82, 2.24) is 0 Å². The first-order valence-electron chi connectivity index (χ1n) is 5.99. The molecular formula is C16H16OS. The molecule has 1 atom stereocenters. The van der Waals surface area contributed by atoms with E-state index in [4.69, 9.17) is 0 Å². The van der Waals surface area contributed by atoms with E-state index in [0.717, 1.165) is 10.5 Å². The molecule has 18 heavy (non-hydrogen) atoms. The van der Waals surface area contributed by atoms with Gasteiger partial charge in [-0.25, -0.2) is 0 Å². The molecule has 0 N–H and O–H groups in total. The Labute approximate surface area is 112 Å². The van der Waals surface area contributed by atoms with Crippen molar-refractivity contribution < 1.29 is 4.79 Å². The van der Waals surface area contributed by atoms with Crippen LogP contribution in [0.2, 0.25) is 0 Å². The molecular weight excluding hydrogens is 240 g/mol. The average Bonchev–Trinajstić information content (AvgIpc) is 2.40. The minimum atomic E-state index is -0.0601. The number of carbonyl (C=O) groups excluding carboxylic acids is 1. The van der Waals surface area contributed by atoms with Crippen LogP contribution in [0.1, 0.15) is 22.8 Å². The summed E-state index contributed by atoms with van der Waals surface area (Å²) >= 11 is 1.60. The van der Waals surface area contributed by atoms with E-state index < -0.39 is 0 Å². The molecule has 0 saturated carbocycles. The standard InChI is InChI=1S/C16H16OS/c1-12-8-10-14(11-9-12)16(17)13(2)18-15-6-4-3-5-7-15/h3-11,13H,1-2H3. The molecule has 0 amide bonds. The normalized spacial score (nSPS) is 12.1. The maximum absolute atomic E-state index is 12.2. The van der Waals surface area contributed by atoms with Crippen molar-refractivity contribution in [3.8, 4) is 0 Å². The topological polar surface area (TPSA) is 17.1 Å². The number of aryl methyl sites for hydroxylation is 1. The van der Waals surface area contributed by atoms with Crippen molar-refractivity contribution in [2.75, 3.05) is 0 Å². The van der Waals surface area contributed by atoms with E-state index in [1.54, 1.807) is 11.8 Å². The molecule has 0 radical (unpaired) electrons. The summed E-state index contributed by atoms with van der Waals surface area (Å²) in [6.07, 6.45) is 0. The van der Waals surface area contributed by atoms with Gasteiger partial charge < -0.3 is 0 Å². The Hall–Kier alpha value is -1.54. The van der Waals surface area contributed by atoms with Crippen LogP contribution in [-0.4, -0.2) is 11.0 Å². The lowest BCUT2D eigenvalue weighted by atomic mass is 10.1. The van der Waals surface area contributed by atoms with Gasteiger partial charge in [-0.15, -0.1) is 11.8 Å². The molecule has 0 aliphatic carbocycles. The Kier molecular flexibility index (Phi) is 4.21. The van der Waals surface area contributed by atoms with Gasteiger partial charge in [0, 0.05) is 10.5 Å². The van der Waals surface area contributed by atoms with Gasteiger partial charge in [0.2, 0.25) is 0 Å². The van der Waals surface area contributed by atoms with E-state index in [2.05, 4.69) is 0 Å². The minimum absolute atomic E-state index is 0.0601. The Morgan fingerprint density at radius 1 is 1.00 bits per heavy atom. The molecule has 0 bridgehead atoms. The van der Waals surface area contributed by atoms with E-state index in [1.807, 2.05) is 68.4 Å². The molecule has 0 spiro atoms. The summed E-state index contributed by atoms with van der Waals surface area (Å²) in [5.41, 5.74) is 1.96. The van der Waals surface area contributed by atoms with Crippen molar-refractivity contribution >= 4 is 17.5 Å². The highest BCUT2D eigenvalue weighted by atomic mass is 32.2. The zero-order valence-electron chi connectivity index (χ0n) is 10.6. The van der Waals surface area contributed by atoms with E-state index in [-0.39, 0.29) is 11.0 Å². The van der Waals surface area contributed by atoms with Crippen LogP contribution in [0, 0.1) is 6.92 Å². The van der Waals surface area contributed by atoms with Crippen LogP contribution in [0.5, 0.6) is 0 Å². The highest BCUT2D eigenvalue weighted by Gasteiger charge is 2.15. The number of hydrogen-bond acceptors (Lipinski definition) is 2. The highest BCUT2D eigenvalue weighted by molar-refractivity contribution is 8.00. The van der Waals surface area contributed by atoms with Gasteiger partial charge in [0.05, 0.1) is 5.25 Å². The van der Waals surface area contributed by atoms with E-state index in [1.165, 1.54) is 5.56 Å². The first-order valence-corrected chi connectivity index (χ1v) is 6.87. The Morgan fingerprint density at radius 2 is 1.61 bits per heavy atom. The summed E-state index contributed by atoms with van der Waals surface area (Å²) in [5, 5.41) is -0.0601. The fourth-order valence-electron chi connectivity index (χ4n) is 1.71. The Bertz CT molecular complexity index is 517. The summed E-state index contributed by atoms with van der Waals surface area (Å²) < 4.78 is 0. The first-order chi connectivity index (χ1) is 8.66. The number of benzene rings is 2.